The lowest BCUT2D eigenvalue weighted by Gasteiger charge is -2.34. The summed E-state index contributed by atoms with van der Waals surface area (Å²) in [7, 11) is 2.18. The highest BCUT2D eigenvalue weighted by Gasteiger charge is 2.14. The molecule has 0 bridgehead atoms. The van der Waals surface area contributed by atoms with Gasteiger partial charge in [-0.1, -0.05) is 30.3 Å². The molecule has 2 aromatic heterocycles. The fraction of sp³-hybridized carbons (Fsp3) is 0.217. The van der Waals surface area contributed by atoms with E-state index in [0.29, 0.717) is 0 Å². The van der Waals surface area contributed by atoms with Crippen molar-refractivity contribution in [2.24, 2.45) is 0 Å². The Hall–Kier alpha value is -3.18. The number of nitrogens with zero attached hydrogens (tertiary/aromatic N) is 5. The van der Waals surface area contributed by atoms with E-state index in [9.17, 15) is 0 Å². The first-order valence-corrected chi connectivity index (χ1v) is 9.71. The molecule has 1 saturated heterocycles. The van der Waals surface area contributed by atoms with Crippen molar-refractivity contribution in [1.29, 1.82) is 0 Å². The van der Waals surface area contributed by atoms with E-state index in [2.05, 4.69) is 69.4 Å². The Bertz CT molecular complexity index is 1080. The van der Waals surface area contributed by atoms with Crippen LogP contribution in [0.15, 0.2) is 73.1 Å². The Morgan fingerprint density at radius 1 is 0.786 bits per heavy atom. The summed E-state index contributed by atoms with van der Waals surface area (Å²) < 4.78 is 2.00. The molecule has 28 heavy (non-hydrogen) atoms. The van der Waals surface area contributed by atoms with Crippen LogP contribution in [0.3, 0.4) is 0 Å². The van der Waals surface area contributed by atoms with Crippen LogP contribution in [0.2, 0.25) is 0 Å². The maximum absolute atomic E-state index is 4.61. The first-order chi connectivity index (χ1) is 13.8. The molecule has 0 saturated carbocycles. The van der Waals surface area contributed by atoms with Crippen LogP contribution in [0.25, 0.3) is 27.8 Å². The summed E-state index contributed by atoms with van der Waals surface area (Å²) in [6, 6.07) is 21.1. The van der Waals surface area contributed by atoms with Crippen molar-refractivity contribution in [3.8, 4) is 16.9 Å². The van der Waals surface area contributed by atoms with E-state index < -0.39 is 0 Å². The molecule has 0 aliphatic carbocycles. The number of likely N-dealkylation sites (N-methyl/N-ethyl adjacent to an activating group) is 1. The van der Waals surface area contributed by atoms with Gasteiger partial charge >= 0.3 is 0 Å². The smallest absolute Gasteiger partial charge is 0.0778 e. The molecule has 1 fully saturated rings. The minimum Gasteiger partial charge on any atom is -0.369 e. The fourth-order valence-electron chi connectivity index (χ4n) is 3.76. The monoisotopic (exact) mass is 369 g/mol. The molecular weight excluding hydrogens is 346 g/mol. The molecule has 3 heterocycles. The van der Waals surface area contributed by atoms with Gasteiger partial charge < -0.3 is 9.80 Å². The molecule has 0 N–H and O–H groups in total. The third-order valence-electron chi connectivity index (χ3n) is 5.48. The van der Waals surface area contributed by atoms with Gasteiger partial charge in [-0.3, -0.25) is 4.98 Å². The molecule has 5 rings (SSSR count). The van der Waals surface area contributed by atoms with E-state index in [1.165, 1.54) is 5.69 Å². The van der Waals surface area contributed by atoms with Crippen LogP contribution in [0.4, 0.5) is 5.69 Å². The first kappa shape index (κ1) is 17.0. The summed E-state index contributed by atoms with van der Waals surface area (Å²) in [5.74, 6) is 0. The average Bonchev–Trinajstić information content (AvgIpc) is 3.18. The van der Waals surface area contributed by atoms with Gasteiger partial charge in [0.15, 0.2) is 0 Å². The predicted molar refractivity (Wildman–Crippen MR) is 114 cm³/mol. The van der Waals surface area contributed by atoms with Gasteiger partial charge in [-0.2, -0.15) is 5.10 Å². The molecule has 0 spiro atoms. The number of benzene rings is 2. The summed E-state index contributed by atoms with van der Waals surface area (Å²) in [5.41, 5.74) is 5.49. The Kier molecular flexibility index (Phi) is 4.29. The van der Waals surface area contributed by atoms with Crippen molar-refractivity contribution in [2.75, 3.05) is 38.1 Å². The molecule has 0 unspecified atom stereocenters. The van der Waals surface area contributed by atoms with Crippen LogP contribution in [-0.2, 0) is 0 Å². The second kappa shape index (κ2) is 7.09. The van der Waals surface area contributed by atoms with Crippen molar-refractivity contribution in [2.45, 2.75) is 0 Å². The number of pyridine rings is 1. The predicted octanol–water partition coefficient (Wildman–Crippen LogP) is 3.84. The number of anilines is 1. The maximum Gasteiger partial charge on any atom is 0.0778 e. The summed E-state index contributed by atoms with van der Waals surface area (Å²) in [6.07, 6.45) is 3.78. The quantitative estimate of drug-likeness (QED) is 0.550. The molecule has 5 heteroatoms. The van der Waals surface area contributed by atoms with Gasteiger partial charge in [0.2, 0.25) is 0 Å². The lowest BCUT2D eigenvalue weighted by molar-refractivity contribution is 0.313. The lowest BCUT2D eigenvalue weighted by atomic mass is 10.1. The lowest BCUT2D eigenvalue weighted by Crippen LogP contribution is -2.44. The Balaban J connectivity index is 1.47. The van der Waals surface area contributed by atoms with Crippen LogP contribution >= 0.6 is 0 Å². The van der Waals surface area contributed by atoms with Crippen molar-refractivity contribution in [1.82, 2.24) is 19.7 Å². The van der Waals surface area contributed by atoms with Gasteiger partial charge in [-0.25, -0.2) is 4.68 Å². The normalized spacial score (nSPS) is 15.2. The molecule has 140 valence electrons. The highest BCUT2D eigenvalue weighted by molar-refractivity contribution is 5.83. The van der Waals surface area contributed by atoms with Gasteiger partial charge in [0, 0.05) is 49.0 Å². The molecule has 0 atom stereocenters. The fourth-order valence-corrected chi connectivity index (χ4v) is 3.76. The minimum absolute atomic E-state index is 0.962. The van der Waals surface area contributed by atoms with Crippen molar-refractivity contribution in [3.05, 3.63) is 73.1 Å². The molecule has 1 aliphatic rings. The van der Waals surface area contributed by atoms with Crippen LogP contribution in [0.1, 0.15) is 0 Å². The molecule has 4 aromatic rings. The van der Waals surface area contributed by atoms with Gasteiger partial charge in [-0.05, 0) is 37.4 Å². The van der Waals surface area contributed by atoms with Crippen LogP contribution in [0.5, 0.6) is 0 Å². The standard InChI is InChI=1S/C23H23N5/c1-26-11-13-27(14-12-26)20-7-9-21(10-8-20)28-23-15-22(18-5-3-2-4-6-18)24-16-19(23)17-25-28/h2-10,15-17H,11-14H2,1H3. The average molecular weight is 369 g/mol. The van der Waals surface area contributed by atoms with E-state index in [1.54, 1.807) is 0 Å². The van der Waals surface area contributed by atoms with E-state index >= 15 is 0 Å². The first-order valence-electron chi connectivity index (χ1n) is 9.71. The van der Waals surface area contributed by atoms with Crippen molar-refractivity contribution >= 4 is 16.6 Å². The summed E-state index contributed by atoms with van der Waals surface area (Å²) in [4.78, 5) is 9.42. The van der Waals surface area contributed by atoms with Crippen LogP contribution in [-0.4, -0.2) is 52.9 Å². The summed E-state index contributed by atoms with van der Waals surface area (Å²) in [6.45, 7) is 4.38. The number of rotatable bonds is 3. The number of fused-ring (bicyclic) bond motifs is 1. The maximum atomic E-state index is 4.61. The zero-order chi connectivity index (χ0) is 18.9. The topological polar surface area (TPSA) is 37.2 Å². The highest BCUT2D eigenvalue weighted by atomic mass is 15.3. The minimum atomic E-state index is 0.962. The van der Waals surface area contributed by atoms with Crippen molar-refractivity contribution in [3.63, 3.8) is 0 Å². The Morgan fingerprint density at radius 3 is 2.25 bits per heavy atom. The van der Waals surface area contributed by atoms with E-state index in [-0.39, 0.29) is 0 Å². The number of piperazine rings is 1. The third kappa shape index (κ3) is 3.14. The van der Waals surface area contributed by atoms with Crippen LogP contribution < -0.4 is 4.90 Å². The second-order valence-corrected chi connectivity index (χ2v) is 7.36. The zero-order valence-corrected chi connectivity index (χ0v) is 16.0. The molecular formula is C23H23N5. The zero-order valence-electron chi connectivity index (χ0n) is 16.0. The van der Waals surface area contributed by atoms with Gasteiger partial charge in [-0.15, -0.1) is 0 Å². The molecule has 2 aromatic carbocycles. The SMILES string of the molecule is CN1CCN(c2ccc(-n3ncc4cnc(-c5ccccc5)cc43)cc2)CC1. The van der Waals surface area contributed by atoms with E-state index in [0.717, 1.165) is 54.0 Å². The van der Waals surface area contributed by atoms with E-state index in [4.69, 9.17) is 0 Å². The second-order valence-electron chi connectivity index (χ2n) is 7.36. The molecule has 5 nitrogen and oxygen atoms in total. The third-order valence-corrected chi connectivity index (χ3v) is 5.48. The van der Waals surface area contributed by atoms with E-state index in [1.807, 2.05) is 35.3 Å². The molecule has 1 aliphatic heterocycles. The number of hydrogen-bond acceptors (Lipinski definition) is 4. The summed E-state index contributed by atoms with van der Waals surface area (Å²) >= 11 is 0. The van der Waals surface area contributed by atoms with Crippen LogP contribution in [0, 0.1) is 0 Å². The number of hydrogen-bond donors (Lipinski definition) is 0. The molecule has 0 amide bonds. The van der Waals surface area contributed by atoms with Gasteiger partial charge in [0.25, 0.3) is 0 Å². The Labute approximate surface area is 164 Å². The Morgan fingerprint density at radius 2 is 1.50 bits per heavy atom. The largest absolute Gasteiger partial charge is 0.369 e. The van der Waals surface area contributed by atoms with Crippen molar-refractivity contribution < 1.29 is 0 Å². The summed E-state index contributed by atoms with van der Waals surface area (Å²) in [5, 5.41) is 5.65. The van der Waals surface area contributed by atoms with Gasteiger partial charge in [0.1, 0.15) is 0 Å². The number of aromatic nitrogens is 3. The molecule has 0 radical (unpaired) electrons. The highest BCUT2D eigenvalue weighted by Crippen LogP contribution is 2.25. The van der Waals surface area contributed by atoms with Gasteiger partial charge in [0.05, 0.1) is 23.1 Å².